The van der Waals surface area contributed by atoms with Crippen molar-refractivity contribution in [2.24, 2.45) is 0 Å². The molecule has 0 heterocycles. The van der Waals surface area contributed by atoms with Crippen LogP contribution in [0.1, 0.15) is 20.7 Å². The van der Waals surface area contributed by atoms with Gasteiger partial charge in [0.05, 0.1) is 0 Å². The van der Waals surface area contributed by atoms with Crippen molar-refractivity contribution >= 4 is 34.4 Å². The van der Waals surface area contributed by atoms with E-state index in [0.717, 1.165) is 0 Å². The normalized spacial score (nSPS) is 16.8. The zero-order valence-electron chi connectivity index (χ0n) is 8.27. The predicted octanol–water partition coefficient (Wildman–Crippen LogP) is 1.24. The van der Waals surface area contributed by atoms with E-state index in [0.29, 0.717) is 0 Å². The van der Waals surface area contributed by atoms with Gasteiger partial charge in [0.2, 0.25) is 11.6 Å². The molecule has 0 fully saturated rings. The number of Topliss-reactive ketones (excluding diaryl/α,β-unsaturated/α-hetero) is 2. The predicted molar refractivity (Wildman–Crippen MR) is 61.9 cm³/mol. The van der Waals surface area contributed by atoms with Crippen LogP contribution in [0.4, 0.5) is 0 Å². The van der Waals surface area contributed by atoms with Gasteiger partial charge in [-0.3, -0.25) is 18.9 Å². The maximum absolute atomic E-state index is 11.9. The van der Waals surface area contributed by atoms with Gasteiger partial charge in [0.25, 0.3) is 11.3 Å². The fraction of sp³-hybridized carbons (Fsp3) is 0. The summed E-state index contributed by atoms with van der Waals surface area (Å²) in [7, 11) is 0. The lowest BCUT2D eigenvalue weighted by molar-refractivity contribution is 0.0977. The van der Waals surface area contributed by atoms with Crippen LogP contribution in [-0.2, 0) is 11.3 Å². The van der Waals surface area contributed by atoms with Gasteiger partial charge in [0.15, 0.2) is 0 Å². The summed E-state index contributed by atoms with van der Waals surface area (Å²) in [5, 5.41) is -0.379. The molecule has 0 amide bonds. The smallest absolute Gasteiger partial charge is 0.259 e. The number of fused-ring (bicyclic) bond motifs is 1. The second-order valence-electron chi connectivity index (χ2n) is 3.24. The first-order chi connectivity index (χ1) is 8.02. The Labute approximate surface area is 104 Å². The Morgan fingerprint density at radius 1 is 1.12 bits per heavy atom. The number of halogens is 1. The Kier molecular flexibility index (Phi) is 3.10. The van der Waals surface area contributed by atoms with E-state index in [1.807, 2.05) is 4.72 Å². The highest BCUT2D eigenvalue weighted by Crippen LogP contribution is 2.27. The fourth-order valence-electron chi connectivity index (χ4n) is 1.52. The monoisotopic (exact) mass is 271 g/mol. The highest BCUT2D eigenvalue weighted by atomic mass is 35.5. The molecule has 1 aliphatic carbocycles. The number of carbonyl (C=O) groups is 2. The third-order valence-electron chi connectivity index (χ3n) is 2.25. The number of ketones is 2. The van der Waals surface area contributed by atoms with Crippen molar-refractivity contribution in [3.05, 3.63) is 46.1 Å². The Hall–Kier alpha value is -1.50. The van der Waals surface area contributed by atoms with Crippen LogP contribution in [0, 0.1) is 0 Å². The number of hydrogen-bond donors (Lipinski definition) is 2. The van der Waals surface area contributed by atoms with Crippen LogP contribution in [-0.4, -0.2) is 20.3 Å². The topological polar surface area (TPSA) is 83.5 Å². The Balaban J connectivity index is 2.58. The molecule has 5 nitrogen and oxygen atoms in total. The average Bonchev–Trinajstić information content (AvgIpc) is 2.31. The number of nitrogens with one attached hydrogen (secondary N) is 1. The largest absolute Gasteiger partial charge is 0.289 e. The molecule has 1 aromatic carbocycles. The molecule has 1 aliphatic rings. The standard InChI is InChI=1S/C10H6ClNO4S/c11-7-8(12-17(15)16)10(14)6-4-2-1-3-5(6)9(7)13/h1-4,12H,(H,15,16). The summed E-state index contributed by atoms with van der Waals surface area (Å²) in [5.41, 5.74) is 0.00261. The van der Waals surface area contributed by atoms with Gasteiger partial charge in [-0.25, -0.2) is 4.21 Å². The minimum Gasteiger partial charge on any atom is -0.289 e. The van der Waals surface area contributed by atoms with Gasteiger partial charge in [0, 0.05) is 11.1 Å². The van der Waals surface area contributed by atoms with E-state index in [9.17, 15) is 13.8 Å². The molecule has 0 spiro atoms. The van der Waals surface area contributed by atoms with E-state index in [4.69, 9.17) is 16.2 Å². The van der Waals surface area contributed by atoms with Gasteiger partial charge >= 0.3 is 0 Å². The first-order valence-electron chi connectivity index (χ1n) is 4.48. The summed E-state index contributed by atoms with van der Waals surface area (Å²) < 4.78 is 21.3. The van der Waals surface area contributed by atoms with E-state index in [-0.39, 0.29) is 21.9 Å². The number of hydrogen-bond acceptors (Lipinski definition) is 3. The molecular formula is C10H6ClNO4S. The number of allylic oxidation sites excluding steroid dienone is 2. The Morgan fingerprint density at radius 2 is 1.65 bits per heavy atom. The SMILES string of the molecule is O=C1C(Cl)=C(NS(=O)O)C(=O)c2ccccc21. The summed E-state index contributed by atoms with van der Waals surface area (Å²) in [4.78, 5) is 23.7. The molecule has 0 saturated heterocycles. The van der Waals surface area contributed by atoms with Crippen LogP contribution in [0.25, 0.3) is 0 Å². The molecule has 0 radical (unpaired) electrons. The molecule has 7 heteroatoms. The average molecular weight is 272 g/mol. The maximum atomic E-state index is 11.9. The van der Waals surface area contributed by atoms with E-state index in [1.54, 1.807) is 12.1 Å². The second kappa shape index (κ2) is 4.40. The van der Waals surface area contributed by atoms with E-state index >= 15 is 0 Å². The van der Waals surface area contributed by atoms with Gasteiger partial charge in [-0.05, 0) is 0 Å². The van der Waals surface area contributed by atoms with Crippen LogP contribution < -0.4 is 4.72 Å². The molecule has 0 bridgehead atoms. The van der Waals surface area contributed by atoms with Crippen molar-refractivity contribution in [3.63, 3.8) is 0 Å². The maximum Gasteiger partial charge on any atom is 0.259 e. The first kappa shape index (κ1) is 12.0. The van der Waals surface area contributed by atoms with Gasteiger partial charge in [0.1, 0.15) is 10.7 Å². The summed E-state index contributed by atoms with van der Waals surface area (Å²) >= 11 is 3.24. The zero-order chi connectivity index (χ0) is 12.6. The number of carbonyl (C=O) groups excluding carboxylic acids is 2. The summed E-state index contributed by atoms with van der Waals surface area (Å²) in [6.07, 6.45) is 0. The van der Waals surface area contributed by atoms with Gasteiger partial charge in [-0.1, -0.05) is 35.9 Å². The van der Waals surface area contributed by atoms with Crippen LogP contribution in [0.15, 0.2) is 35.0 Å². The third kappa shape index (κ3) is 2.02. The minimum absolute atomic E-state index is 0.162. The van der Waals surface area contributed by atoms with Crippen molar-refractivity contribution in [1.29, 1.82) is 0 Å². The highest BCUT2D eigenvalue weighted by Gasteiger charge is 2.31. The molecule has 1 aromatic rings. The van der Waals surface area contributed by atoms with E-state index in [1.165, 1.54) is 12.1 Å². The quantitative estimate of drug-likeness (QED) is 0.793. The first-order valence-corrected chi connectivity index (χ1v) is 5.96. The molecule has 0 aromatic heterocycles. The summed E-state index contributed by atoms with van der Waals surface area (Å²) in [5.74, 6) is -1.12. The Bertz CT molecular complexity index is 581. The van der Waals surface area contributed by atoms with Crippen molar-refractivity contribution in [2.45, 2.75) is 0 Å². The van der Waals surface area contributed by atoms with Gasteiger partial charge in [-0.15, -0.1) is 0 Å². The molecular weight excluding hydrogens is 266 g/mol. The molecule has 88 valence electrons. The minimum atomic E-state index is -2.46. The Morgan fingerprint density at radius 3 is 2.18 bits per heavy atom. The fourth-order valence-corrected chi connectivity index (χ4v) is 2.18. The summed E-state index contributed by atoms with van der Waals surface area (Å²) in [6, 6.07) is 6.14. The molecule has 2 rings (SSSR count). The molecule has 1 unspecified atom stereocenters. The molecule has 2 N–H and O–H groups in total. The molecule has 17 heavy (non-hydrogen) atoms. The number of benzene rings is 1. The lowest BCUT2D eigenvalue weighted by atomic mass is 9.93. The van der Waals surface area contributed by atoms with Crippen molar-refractivity contribution < 1.29 is 18.4 Å². The van der Waals surface area contributed by atoms with Crippen LogP contribution in [0.2, 0.25) is 0 Å². The molecule has 0 aliphatic heterocycles. The lowest BCUT2D eigenvalue weighted by Crippen LogP contribution is -2.29. The van der Waals surface area contributed by atoms with Crippen molar-refractivity contribution in [1.82, 2.24) is 4.72 Å². The number of rotatable bonds is 2. The van der Waals surface area contributed by atoms with Crippen LogP contribution in [0.5, 0.6) is 0 Å². The molecule has 1 atom stereocenters. The summed E-state index contributed by atoms with van der Waals surface area (Å²) in [6.45, 7) is 0. The van der Waals surface area contributed by atoms with Crippen LogP contribution in [0.3, 0.4) is 0 Å². The van der Waals surface area contributed by atoms with Gasteiger partial charge < -0.3 is 0 Å². The molecule has 0 saturated carbocycles. The highest BCUT2D eigenvalue weighted by molar-refractivity contribution is 7.77. The van der Waals surface area contributed by atoms with Crippen LogP contribution >= 0.6 is 11.6 Å². The zero-order valence-corrected chi connectivity index (χ0v) is 9.84. The third-order valence-corrected chi connectivity index (χ3v) is 2.99. The lowest BCUT2D eigenvalue weighted by Gasteiger charge is -2.16. The van der Waals surface area contributed by atoms with E-state index in [2.05, 4.69) is 0 Å². The van der Waals surface area contributed by atoms with Crippen molar-refractivity contribution in [2.75, 3.05) is 0 Å². The van der Waals surface area contributed by atoms with Crippen molar-refractivity contribution in [3.8, 4) is 0 Å². The second-order valence-corrected chi connectivity index (χ2v) is 4.32. The van der Waals surface area contributed by atoms with E-state index < -0.39 is 22.8 Å². The van der Waals surface area contributed by atoms with Gasteiger partial charge in [-0.2, -0.15) is 0 Å².